The van der Waals surface area contributed by atoms with Crippen molar-refractivity contribution in [3.63, 3.8) is 0 Å². The van der Waals surface area contributed by atoms with Crippen LogP contribution in [0.4, 0.5) is 11.4 Å². The summed E-state index contributed by atoms with van der Waals surface area (Å²) in [6, 6.07) is 18.8. The standard InChI is InChI=1S/C22H22N2O3S/c1-15-7-11-19(12-8-15)23-22(25)18-9-13-20(14-10-18)28(26,27)24-21-6-4-5-16(2)17(21)3/h4-14,24H,1-3H3,(H,23,25). The maximum atomic E-state index is 12.7. The molecular weight excluding hydrogens is 372 g/mol. The fourth-order valence-electron chi connectivity index (χ4n) is 2.69. The molecule has 0 fully saturated rings. The fraction of sp³-hybridized carbons (Fsp3) is 0.136. The van der Waals surface area contributed by atoms with Gasteiger partial charge in [0.05, 0.1) is 10.6 Å². The van der Waals surface area contributed by atoms with E-state index in [4.69, 9.17) is 0 Å². The van der Waals surface area contributed by atoms with Crippen molar-refractivity contribution in [2.45, 2.75) is 25.7 Å². The lowest BCUT2D eigenvalue weighted by Gasteiger charge is -2.12. The van der Waals surface area contributed by atoms with Gasteiger partial charge in [0.1, 0.15) is 0 Å². The molecule has 0 saturated carbocycles. The van der Waals surface area contributed by atoms with Gasteiger partial charge in [0.2, 0.25) is 0 Å². The average molecular weight is 394 g/mol. The molecule has 1 amide bonds. The smallest absolute Gasteiger partial charge is 0.261 e. The third-order valence-corrected chi connectivity index (χ3v) is 5.97. The van der Waals surface area contributed by atoms with Crippen molar-refractivity contribution >= 4 is 27.3 Å². The van der Waals surface area contributed by atoms with Crippen LogP contribution in [0.15, 0.2) is 71.6 Å². The number of nitrogens with one attached hydrogen (secondary N) is 2. The van der Waals surface area contributed by atoms with Crippen molar-refractivity contribution in [2.24, 2.45) is 0 Å². The molecule has 3 rings (SSSR count). The Kier molecular flexibility index (Phi) is 5.51. The Morgan fingerprint density at radius 2 is 1.46 bits per heavy atom. The molecule has 3 aromatic carbocycles. The largest absolute Gasteiger partial charge is 0.322 e. The highest BCUT2D eigenvalue weighted by atomic mass is 32.2. The Bertz CT molecular complexity index is 1100. The number of benzene rings is 3. The van der Waals surface area contributed by atoms with E-state index in [1.54, 1.807) is 12.1 Å². The van der Waals surface area contributed by atoms with Gasteiger partial charge in [-0.25, -0.2) is 8.42 Å². The van der Waals surface area contributed by atoms with Crippen molar-refractivity contribution < 1.29 is 13.2 Å². The molecule has 2 N–H and O–H groups in total. The molecule has 144 valence electrons. The minimum absolute atomic E-state index is 0.0975. The van der Waals surface area contributed by atoms with Crippen molar-refractivity contribution in [1.82, 2.24) is 0 Å². The molecule has 0 aliphatic rings. The lowest BCUT2D eigenvalue weighted by molar-refractivity contribution is 0.102. The summed E-state index contributed by atoms with van der Waals surface area (Å²) in [6.07, 6.45) is 0. The van der Waals surface area contributed by atoms with Crippen LogP contribution in [0.3, 0.4) is 0 Å². The molecule has 0 saturated heterocycles. The third-order valence-electron chi connectivity index (χ3n) is 4.59. The molecule has 6 heteroatoms. The van der Waals surface area contributed by atoms with Crippen molar-refractivity contribution in [1.29, 1.82) is 0 Å². The summed E-state index contributed by atoms with van der Waals surface area (Å²) in [5.74, 6) is -0.296. The van der Waals surface area contributed by atoms with Crippen LogP contribution < -0.4 is 10.0 Å². The normalized spacial score (nSPS) is 11.1. The monoisotopic (exact) mass is 394 g/mol. The number of rotatable bonds is 5. The molecule has 5 nitrogen and oxygen atoms in total. The van der Waals surface area contributed by atoms with E-state index >= 15 is 0 Å². The van der Waals surface area contributed by atoms with Gasteiger partial charge in [0.25, 0.3) is 15.9 Å². The number of amides is 1. The van der Waals surface area contributed by atoms with E-state index in [1.165, 1.54) is 24.3 Å². The van der Waals surface area contributed by atoms with Gasteiger partial charge in [-0.3, -0.25) is 9.52 Å². The first-order valence-corrected chi connectivity index (χ1v) is 10.3. The van der Waals surface area contributed by atoms with Gasteiger partial charge in [-0.2, -0.15) is 0 Å². The van der Waals surface area contributed by atoms with Crippen LogP contribution in [0.5, 0.6) is 0 Å². The summed E-state index contributed by atoms with van der Waals surface area (Å²) in [6.45, 7) is 5.76. The first kappa shape index (κ1) is 19.6. The Balaban J connectivity index is 1.76. The van der Waals surface area contributed by atoms with Crippen molar-refractivity contribution in [2.75, 3.05) is 10.0 Å². The summed E-state index contributed by atoms with van der Waals surface area (Å²) in [5, 5.41) is 2.79. The maximum absolute atomic E-state index is 12.7. The molecular formula is C22H22N2O3S. The predicted octanol–water partition coefficient (Wildman–Crippen LogP) is 4.66. The molecule has 0 unspecified atom stereocenters. The van der Waals surface area contributed by atoms with Gasteiger partial charge < -0.3 is 5.32 Å². The summed E-state index contributed by atoms with van der Waals surface area (Å²) >= 11 is 0. The zero-order valence-corrected chi connectivity index (χ0v) is 16.8. The van der Waals surface area contributed by atoms with Crippen LogP contribution in [0.1, 0.15) is 27.0 Å². The topological polar surface area (TPSA) is 75.3 Å². The van der Waals surface area contributed by atoms with E-state index in [9.17, 15) is 13.2 Å². The molecule has 28 heavy (non-hydrogen) atoms. The molecule has 0 aromatic heterocycles. The second kappa shape index (κ2) is 7.86. The lowest BCUT2D eigenvalue weighted by Crippen LogP contribution is -2.15. The molecule has 0 heterocycles. The number of hydrogen-bond acceptors (Lipinski definition) is 3. The molecule has 0 aliphatic heterocycles. The molecule has 0 atom stereocenters. The first-order valence-electron chi connectivity index (χ1n) is 8.83. The Hall–Kier alpha value is -3.12. The highest BCUT2D eigenvalue weighted by Crippen LogP contribution is 2.22. The quantitative estimate of drug-likeness (QED) is 0.661. The van der Waals surface area contributed by atoms with E-state index in [-0.39, 0.29) is 10.8 Å². The lowest BCUT2D eigenvalue weighted by atomic mass is 10.1. The van der Waals surface area contributed by atoms with Crippen molar-refractivity contribution in [3.05, 3.63) is 89.0 Å². The highest BCUT2D eigenvalue weighted by Gasteiger charge is 2.16. The summed E-state index contributed by atoms with van der Waals surface area (Å²) in [5.41, 5.74) is 4.59. The number of carbonyl (C=O) groups excluding carboxylic acids is 1. The van der Waals surface area contributed by atoms with E-state index in [1.807, 2.05) is 51.1 Å². The summed E-state index contributed by atoms with van der Waals surface area (Å²) < 4.78 is 27.9. The number of sulfonamides is 1. The number of aryl methyl sites for hydroxylation is 2. The first-order chi connectivity index (χ1) is 13.3. The molecule has 0 spiro atoms. The fourth-order valence-corrected chi connectivity index (χ4v) is 3.81. The second-order valence-corrected chi connectivity index (χ2v) is 8.38. The van der Waals surface area contributed by atoms with Crippen LogP contribution in [-0.4, -0.2) is 14.3 Å². The Morgan fingerprint density at radius 1 is 0.821 bits per heavy atom. The molecule has 0 radical (unpaired) electrons. The average Bonchev–Trinajstić information content (AvgIpc) is 2.67. The zero-order chi connectivity index (χ0) is 20.3. The number of hydrogen-bond donors (Lipinski definition) is 2. The van der Waals surface area contributed by atoms with Gasteiger partial charge >= 0.3 is 0 Å². The van der Waals surface area contributed by atoms with Crippen molar-refractivity contribution in [3.8, 4) is 0 Å². The van der Waals surface area contributed by atoms with Crippen LogP contribution in [0.2, 0.25) is 0 Å². The van der Waals surface area contributed by atoms with Gasteiger partial charge in [-0.1, -0.05) is 29.8 Å². The Labute approximate surface area is 165 Å². The molecule has 0 bridgehead atoms. The van der Waals surface area contributed by atoms with Gasteiger partial charge in [-0.05, 0) is 74.4 Å². The molecule has 3 aromatic rings. The van der Waals surface area contributed by atoms with Crippen LogP contribution in [-0.2, 0) is 10.0 Å². The van der Waals surface area contributed by atoms with E-state index in [0.29, 0.717) is 16.9 Å². The maximum Gasteiger partial charge on any atom is 0.261 e. The van der Waals surface area contributed by atoms with Gasteiger partial charge in [0, 0.05) is 11.3 Å². The van der Waals surface area contributed by atoms with Gasteiger partial charge in [-0.15, -0.1) is 0 Å². The number of anilines is 2. The summed E-state index contributed by atoms with van der Waals surface area (Å²) in [7, 11) is -3.74. The SMILES string of the molecule is Cc1ccc(NC(=O)c2ccc(S(=O)(=O)Nc3cccc(C)c3C)cc2)cc1. The second-order valence-electron chi connectivity index (χ2n) is 6.70. The minimum Gasteiger partial charge on any atom is -0.322 e. The number of carbonyl (C=O) groups is 1. The minimum atomic E-state index is -3.74. The van der Waals surface area contributed by atoms with Gasteiger partial charge in [0.15, 0.2) is 0 Å². The molecule has 0 aliphatic carbocycles. The summed E-state index contributed by atoms with van der Waals surface area (Å²) in [4.78, 5) is 12.5. The van der Waals surface area contributed by atoms with E-state index in [2.05, 4.69) is 10.0 Å². The van der Waals surface area contributed by atoms with Crippen LogP contribution in [0.25, 0.3) is 0 Å². The van der Waals surface area contributed by atoms with Crippen LogP contribution in [0, 0.1) is 20.8 Å². The zero-order valence-electron chi connectivity index (χ0n) is 16.0. The highest BCUT2D eigenvalue weighted by molar-refractivity contribution is 7.92. The predicted molar refractivity (Wildman–Crippen MR) is 112 cm³/mol. The third kappa shape index (κ3) is 4.40. The van der Waals surface area contributed by atoms with E-state index in [0.717, 1.165) is 16.7 Å². The Morgan fingerprint density at radius 3 is 2.11 bits per heavy atom. The van der Waals surface area contributed by atoms with E-state index < -0.39 is 10.0 Å². The van der Waals surface area contributed by atoms with Crippen LogP contribution >= 0.6 is 0 Å².